The second kappa shape index (κ2) is 10.4. The third-order valence-electron chi connectivity index (χ3n) is 5.47. The van der Waals surface area contributed by atoms with E-state index < -0.39 is 16.0 Å². The molecule has 0 atom stereocenters. The van der Waals surface area contributed by atoms with Gasteiger partial charge in [0.1, 0.15) is 5.75 Å². The summed E-state index contributed by atoms with van der Waals surface area (Å²) in [5, 5.41) is 0. The van der Waals surface area contributed by atoms with Crippen LogP contribution in [0.4, 0.5) is 11.4 Å². The summed E-state index contributed by atoms with van der Waals surface area (Å²) in [5.74, 6) is -0.326. The molecule has 3 aromatic carbocycles. The Morgan fingerprint density at radius 3 is 2.43 bits per heavy atom. The van der Waals surface area contributed by atoms with E-state index in [9.17, 15) is 18.0 Å². The predicted molar refractivity (Wildman–Crippen MR) is 133 cm³/mol. The van der Waals surface area contributed by atoms with E-state index in [1.54, 1.807) is 41.3 Å². The van der Waals surface area contributed by atoms with Crippen molar-refractivity contribution >= 4 is 39.4 Å². The minimum Gasteiger partial charge on any atom is -0.497 e. The Labute approximate surface area is 203 Å². The molecule has 1 N–H and O–H groups in total. The highest BCUT2D eigenvalue weighted by atomic mass is 32.2. The summed E-state index contributed by atoms with van der Waals surface area (Å²) in [6.45, 7) is 0.208. The number of amides is 1. The third-order valence-corrected chi connectivity index (χ3v) is 6.87. The zero-order valence-corrected chi connectivity index (χ0v) is 19.8. The number of rotatable bonds is 8. The van der Waals surface area contributed by atoms with E-state index in [-0.39, 0.29) is 17.4 Å². The van der Waals surface area contributed by atoms with Crippen LogP contribution in [-0.2, 0) is 30.8 Å². The number of para-hydroxylation sites is 1. The molecule has 9 heteroatoms. The number of fused-ring (bicyclic) bond motifs is 1. The summed E-state index contributed by atoms with van der Waals surface area (Å²) in [4.78, 5) is 26.2. The van der Waals surface area contributed by atoms with Crippen molar-refractivity contribution in [3.8, 4) is 5.75 Å². The van der Waals surface area contributed by atoms with Gasteiger partial charge in [-0.25, -0.2) is 13.2 Å². The molecule has 8 nitrogen and oxygen atoms in total. The number of hydrogen-bond acceptors (Lipinski definition) is 6. The maximum absolute atomic E-state index is 12.6. The molecule has 0 saturated heterocycles. The Bertz CT molecular complexity index is 1350. The van der Waals surface area contributed by atoms with Gasteiger partial charge in [0, 0.05) is 24.0 Å². The van der Waals surface area contributed by atoms with Crippen molar-refractivity contribution in [2.75, 3.05) is 29.9 Å². The van der Waals surface area contributed by atoms with Gasteiger partial charge in [-0.15, -0.1) is 0 Å². The molecule has 0 bridgehead atoms. The largest absolute Gasteiger partial charge is 0.497 e. The van der Waals surface area contributed by atoms with Gasteiger partial charge >= 0.3 is 5.97 Å². The molecule has 0 fully saturated rings. The van der Waals surface area contributed by atoms with Gasteiger partial charge in [-0.05, 0) is 66.1 Å². The molecule has 0 saturated carbocycles. The summed E-state index contributed by atoms with van der Waals surface area (Å²) >= 11 is 0. The van der Waals surface area contributed by atoms with E-state index in [1.165, 1.54) is 31.4 Å². The first-order valence-corrected chi connectivity index (χ1v) is 12.3. The number of sulfonamides is 1. The summed E-state index contributed by atoms with van der Waals surface area (Å²) < 4.78 is 37.8. The van der Waals surface area contributed by atoms with Crippen LogP contribution in [0.1, 0.15) is 11.1 Å². The van der Waals surface area contributed by atoms with Gasteiger partial charge in [0.2, 0.25) is 0 Å². The van der Waals surface area contributed by atoms with Crippen molar-refractivity contribution in [1.82, 2.24) is 0 Å². The first-order chi connectivity index (χ1) is 16.9. The molecule has 0 radical (unpaired) electrons. The van der Waals surface area contributed by atoms with Crippen LogP contribution < -0.4 is 14.4 Å². The second-order valence-electron chi connectivity index (χ2n) is 7.77. The van der Waals surface area contributed by atoms with Crippen molar-refractivity contribution in [3.05, 3.63) is 90.0 Å². The van der Waals surface area contributed by atoms with Crippen molar-refractivity contribution in [1.29, 1.82) is 0 Å². The molecule has 0 aromatic heterocycles. The Kier molecular flexibility index (Phi) is 7.17. The fourth-order valence-corrected chi connectivity index (χ4v) is 4.71. The number of hydrogen-bond donors (Lipinski definition) is 1. The number of carbonyl (C=O) groups excluding carboxylic acids is 2. The maximum atomic E-state index is 12.6. The molecule has 35 heavy (non-hydrogen) atoms. The zero-order valence-electron chi connectivity index (χ0n) is 19.0. The lowest BCUT2D eigenvalue weighted by Crippen LogP contribution is -2.33. The number of carbonyl (C=O) groups is 2. The molecule has 1 aliphatic rings. The van der Waals surface area contributed by atoms with Crippen molar-refractivity contribution < 1.29 is 27.5 Å². The number of benzene rings is 3. The third kappa shape index (κ3) is 5.88. The van der Waals surface area contributed by atoms with Gasteiger partial charge in [-0.1, -0.05) is 30.3 Å². The number of esters is 1. The lowest BCUT2D eigenvalue weighted by atomic mass is 10.2. The molecule has 180 valence electrons. The number of ether oxygens (including phenoxy) is 2. The minimum absolute atomic E-state index is 0.0736. The average Bonchev–Trinajstić information content (AvgIpc) is 3.31. The topological polar surface area (TPSA) is 102 Å². The van der Waals surface area contributed by atoms with Crippen molar-refractivity contribution in [3.63, 3.8) is 0 Å². The highest BCUT2D eigenvalue weighted by Crippen LogP contribution is 2.27. The van der Waals surface area contributed by atoms with Gasteiger partial charge < -0.3 is 14.4 Å². The van der Waals surface area contributed by atoms with Crippen LogP contribution in [0.15, 0.2) is 83.8 Å². The van der Waals surface area contributed by atoms with Gasteiger partial charge in [0.05, 0.1) is 12.0 Å². The SMILES string of the molecule is COc1ccc(NS(=O)(=O)c2ccc(/C=C/C(=O)OCC(=O)N3CCc4ccccc43)cc2)cc1. The zero-order chi connectivity index (χ0) is 24.8. The highest BCUT2D eigenvalue weighted by Gasteiger charge is 2.24. The van der Waals surface area contributed by atoms with Crippen LogP contribution >= 0.6 is 0 Å². The second-order valence-corrected chi connectivity index (χ2v) is 9.45. The lowest BCUT2D eigenvalue weighted by molar-refractivity contribution is -0.142. The number of methoxy groups -OCH3 is 1. The fraction of sp³-hybridized carbons (Fsp3) is 0.154. The molecule has 0 aliphatic carbocycles. The van der Waals surface area contributed by atoms with Crippen LogP contribution in [-0.4, -0.2) is 40.6 Å². The van der Waals surface area contributed by atoms with E-state index in [0.29, 0.717) is 23.5 Å². The highest BCUT2D eigenvalue weighted by molar-refractivity contribution is 7.92. The molecule has 4 rings (SSSR count). The number of anilines is 2. The monoisotopic (exact) mass is 492 g/mol. The summed E-state index contributed by atoms with van der Waals surface area (Å²) in [7, 11) is -2.25. The van der Waals surface area contributed by atoms with E-state index in [2.05, 4.69) is 4.72 Å². The van der Waals surface area contributed by atoms with Gasteiger partial charge in [-0.3, -0.25) is 9.52 Å². The quantitative estimate of drug-likeness (QED) is 0.381. The smallest absolute Gasteiger partial charge is 0.331 e. The molecule has 1 heterocycles. The normalized spacial score (nSPS) is 12.9. The first-order valence-electron chi connectivity index (χ1n) is 10.9. The Hall–Kier alpha value is -4.11. The number of nitrogens with zero attached hydrogens (tertiary/aromatic N) is 1. The van der Waals surface area contributed by atoms with Crippen LogP contribution in [0.25, 0.3) is 6.08 Å². The lowest BCUT2D eigenvalue weighted by Gasteiger charge is -2.16. The molecular formula is C26H24N2O6S. The van der Waals surface area contributed by atoms with Crippen LogP contribution in [0.3, 0.4) is 0 Å². The van der Waals surface area contributed by atoms with E-state index in [1.807, 2.05) is 24.3 Å². The average molecular weight is 493 g/mol. The summed E-state index contributed by atoms with van der Waals surface area (Å²) in [6, 6.07) is 20.2. The maximum Gasteiger partial charge on any atom is 0.331 e. The Morgan fingerprint density at radius 1 is 1.00 bits per heavy atom. The van der Waals surface area contributed by atoms with Crippen molar-refractivity contribution in [2.45, 2.75) is 11.3 Å². The van der Waals surface area contributed by atoms with E-state index >= 15 is 0 Å². The standard InChI is InChI=1S/C26H24N2O6S/c1-33-22-11-9-21(10-12-22)27-35(31,32)23-13-6-19(7-14-23)8-15-26(30)34-18-25(29)28-17-16-20-4-2-3-5-24(20)28/h2-15,27H,16-18H2,1H3/b15-8+. The van der Waals surface area contributed by atoms with Gasteiger partial charge in [0.15, 0.2) is 6.61 Å². The van der Waals surface area contributed by atoms with E-state index in [0.717, 1.165) is 17.7 Å². The molecule has 0 spiro atoms. The predicted octanol–water partition coefficient (Wildman–Crippen LogP) is 3.64. The molecular weight excluding hydrogens is 468 g/mol. The van der Waals surface area contributed by atoms with Crippen LogP contribution in [0.2, 0.25) is 0 Å². The molecule has 1 aliphatic heterocycles. The number of nitrogens with one attached hydrogen (secondary N) is 1. The summed E-state index contributed by atoms with van der Waals surface area (Å²) in [6.07, 6.45) is 3.46. The molecule has 3 aromatic rings. The van der Waals surface area contributed by atoms with Gasteiger partial charge in [-0.2, -0.15) is 0 Å². The van der Waals surface area contributed by atoms with Crippen molar-refractivity contribution in [2.24, 2.45) is 0 Å². The van der Waals surface area contributed by atoms with Gasteiger partial charge in [0.25, 0.3) is 15.9 Å². The Balaban J connectivity index is 1.30. The first kappa shape index (κ1) is 24.0. The summed E-state index contributed by atoms with van der Waals surface area (Å²) in [5.41, 5.74) is 2.95. The minimum atomic E-state index is -3.78. The Morgan fingerprint density at radius 2 is 1.71 bits per heavy atom. The van der Waals surface area contributed by atoms with Crippen LogP contribution in [0.5, 0.6) is 5.75 Å². The molecule has 1 amide bonds. The van der Waals surface area contributed by atoms with Crippen LogP contribution in [0, 0.1) is 0 Å². The van der Waals surface area contributed by atoms with E-state index in [4.69, 9.17) is 9.47 Å². The molecule has 0 unspecified atom stereocenters. The fourth-order valence-electron chi connectivity index (χ4n) is 3.65.